The van der Waals surface area contributed by atoms with Crippen molar-refractivity contribution < 1.29 is 14.0 Å². The summed E-state index contributed by atoms with van der Waals surface area (Å²) in [4.78, 5) is 34.6. The molecule has 1 aliphatic heterocycles. The minimum Gasteiger partial charge on any atom is -0.342 e. The highest BCUT2D eigenvalue weighted by Crippen LogP contribution is 2.29. The van der Waals surface area contributed by atoms with E-state index in [1.54, 1.807) is 28.4 Å². The van der Waals surface area contributed by atoms with Gasteiger partial charge in [-0.25, -0.2) is 9.37 Å². The molecule has 1 aliphatic rings. The quantitative estimate of drug-likeness (QED) is 0.482. The predicted molar refractivity (Wildman–Crippen MR) is 130 cm³/mol. The Hall–Kier alpha value is -2.58. The second kappa shape index (κ2) is 10.6. The molecule has 0 radical (unpaired) electrons. The van der Waals surface area contributed by atoms with Gasteiger partial charge in [-0.1, -0.05) is 24.3 Å². The van der Waals surface area contributed by atoms with Gasteiger partial charge in [0.05, 0.1) is 22.0 Å². The van der Waals surface area contributed by atoms with E-state index >= 15 is 0 Å². The number of likely N-dealkylation sites (tertiary alicyclic amines) is 1. The Morgan fingerprint density at radius 3 is 2.58 bits per heavy atom. The van der Waals surface area contributed by atoms with Crippen LogP contribution in [0.15, 0.2) is 47.2 Å². The largest absolute Gasteiger partial charge is 0.342 e. The van der Waals surface area contributed by atoms with E-state index in [9.17, 15) is 14.0 Å². The molecule has 3 aromatic rings. The molecular weight excluding hydrogens is 457 g/mol. The average molecular weight is 486 g/mol. The number of thiazole rings is 1. The number of hydrogen-bond acceptors (Lipinski definition) is 5. The number of likely N-dealkylation sites (N-methyl/N-ethyl adjacent to an activating group) is 1. The fourth-order valence-electron chi connectivity index (χ4n) is 4.52. The van der Waals surface area contributed by atoms with Gasteiger partial charge in [0.2, 0.25) is 5.91 Å². The van der Waals surface area contributed by atoms with Crippen LogP contribution in [0.1, 0.15) is 38.8 Å². The van der Waals surface area contributed by atoms with E-state index < -0.39 is 0 Å². The van der Waals surface area contributed by atoms with Crippen molar-refractivity contribution in [3.8, 4) is 0 Å². The van der Waals surface area contributed by atoms with Crippen molar-refractivity contribution in [3.63, 3.8) is 0 Å². The molecule has 1 saturated heterocycles. The predicted octanol–water partition coefficient (Wildman–Crippen LogP) is 4.82. The summed E-state index contributed by atoms with van der Waals surface area (Å²) in [5, 5.41) is 4.79. The van der Waals surface area contributed by atoms with E-state index in [1.807, 2.05) is 47.8 Å². The second-order valence-electron chi connectivity index (χ2n) is 8.51. The Morgan fingerprint density at radius 1 is 1.18 bits per heavy atom. The summed E-state index contributed by atoms with van der Waals surface area (Å²) in [7, 11) is 1.82. The van der Waals surface area contributed by atoms with Crippen molar-refractivity contribution in [2.75, 3.05) is 20.1 Å². The summed E-state index contributed by atoms with van der Waals surface area (Å²) in [5.74, 6) is -0.00843. The van der Waals surface area contributed by atoms with E-state index in [0.717, 1.165) is 23.5 Å². The summed E-state index contributed by atoms with van der Waals surface area (Å²) in [6.45, 7) is 3.22. The smallest absolute Gasteiger partial charge is 0.263 e. The molecule has 0 N–H and O–H groups in total. The van der Waals surface area contributed by atoms with Crippen molar-refractivity contribution >= 4 is 34.5 Å². The molecule has 2 aromatic heterocycles. The van der Waals surface area contributed by atoms with E-state index in [0.29, 0.717) is 36.4 Å². The first-order valence-electron chi connectivity index (χ1n) is 11.1. The lowest BCUT2D eigenvalue weighted by atomic mass is 9.84. The van der Waals surface area contributed by atoms with Crippen LogP contribution in [0.2, 0.25) is 0 Å². The second-order valence-corrected chi connectivity index (χ2v) is 10.5. The van der Waals surface area contributed by atoms with Crippen LogP contribution in [-0.4, -0.2) is 52.8 Å². The Kier molecular flexibility index (Phi) is 7.55. The number of thiophene rings is 1. The van der Waals surface area contributed by atoms with E-state index in [1.165, 1.54) is 17.4 Å². The summed E-state index contributed by atoms with van der Waals surface area (Å²) < 4.78 is 14.5. The fraction of sp³-hybridized carbons (Fsp3) is 0.400. The SMILES string of the molecule is Cc1nc(CC(=O)N2CCC(C(Cc3ccccc3F)N(C)C(=O)c3cccs3)CC2)cs1. The monoisotopic (exact) mass is 485 g/mol. The third kappa shape index (κ3) is 5.68. The van der Waals surface area contributed by atoms with Gasteiger partial charge in [0, 0.05) is 31.6 Å². The highest BCUT2D eigenvalue weighted by molar-refractivity contribution is 7.12. The van der Waals surface area contributed by atoms with Gasteiger partial charge in [-0.3, -0.25) is 9.59 Å². The first-order chi connectivity index (χ1) is 15.9. The molecule has 8 heteroatoms. The fourth-order valence-corrected chi connectivity index (χ4v) is 5.84. The summed E-state index contributed by atoms with van der Waals surface area (Å²) in [6.07, 6.45) is 2.34. The van der Waals surface area contributed by atoms with Gasteiger partial charge in [0.25, 0.3) is 5.91 Å². The van der Waals surface area contributed by atoms with Gasteiger partial charge in [0.15, 0.2) is 0 Å². The number of aromatic nitrogens is 1. The number of aryl methyl sites for hydroxylation is 1. The third-order valence-corrected chi connectivity index (χ3v) is 8.05. The number of amides is 2. The minimum atomic E-state index is -0.245. The maximum Gasteiger partial charge on any atom is 0.263 e. The van der Waals surface area contributed by atoms with Gasteiger partial charge in [-0.2, -0.15) is 0 Å². The highest BCUT2D eigenvalue weighted by Gasteiger charge is 2.33. The highest BCUT2D eigenvalue weighted by atomic mass is 32.1. The first-order valence-corrected chi connectivity index (χ1v) is 12.9. The molecule has 0 bridgehead atoms. The molecule has 174 valence electrons. The zero-order chi connectivity index (χ0) is 23.4. The molecule has 3 heterocycles. The molecule has 1 aromatic carbocycles. The van der Waals surface area contributed by atoms with Crippen molar-refractivity contribution in [1.29, 1.82) is 0 Å². The third-order valence-electron chi connectivity index (χ3n) is 6.37. The van der Waals surface area contributed by atoms with Crippen molar-refractivity contribution in [2.24, 2.45) is 5.92 Å². The summed E-state index contributed by atoms with van der Waals surface area (Å²) >= 11 is 2.97. The van der Waals surface area contributed by atoms with Gasteiger partial charge < -0.3 is 9.80 Å². The Labute approximate surface area is 201 Å². The van der Waals surface area contributed by atoms with Crippen LogP contribution in [0, 0.1) is 18.7 Å². The molecule has 0 saturated carbocycles. The zero-order valence-corrected chi connectivity index (χ0v) is 20.5. The van der Waals surface area contributed by atoms with Crippen LogP contribution in [0.4, 0.5) is 4.39 Å². The summed E-state index contributed by atoms with van der Waals surface area (Å²) in [6, 6.07) is 10.3. The lowest BCUT2D eigenvalue weighted by Gasteiger charge is -2.40. The van der Waals surface area contributed by atoms with Gasteiger partial charge in [-0.05, 0) is 55.2 Å². The number of hydrogen-bond donors (Lipinski definition) is 0. The molecule has 5 nitrogen and oxygen atoms in total. The van der Waals surface area contributed by atoms with Gasteiger partial charge in [0.1, 0.15) is 5.82 Å². The number of halogens is 1. The minimum absolute atomic E-state index is 0.0382. The van der Waals surface area contributed by atoms with Crippen LogP contribution in [-0.2, 0) is 17.6 Å². The number of nitrogens with zero attached hydrogens (tertiary/aromatic N) is 3. The molecule has 0 aliphatic carbocycles. The van der Waals surface area contributed by atoms with Crippen molar-refractivity contribution in [3.05, 3.63) is 74.1 Å². The molecular formula is C25H28FN3O2S2. The Bertz CT molecular complexity index is 1090. The van der Waals surface area contributed by atoms with E-state index in [4.69, 9.17) is 0 Å². The number of rotatable bonds is 7. The maximum atomic E-state index is 14.5. The van der Waals surface area contributed by atoms with Crippen LogP contribution in [0.5, 0.6) is 0 Å². The van der Waals surface area contributed by atoms with Crippen LogP contribution in [0.25, 0.3) is 0 Å². The molecule has 1 atom stereocenters. The number of piperidine rings is 1. The summed E-state index contributed by atoms with van der Waals surface area (Å²) in [5.41, 5.74) is 1.44. The lowest BCUT2D eigenvalue weighted by Crippen LogP contribution is -2.48. The molecule has 2 amide bonds. The van der Waals surface area contributed by atoms with E-state index in [2.05, 4.69) is 4.98 Å². The Balaban J connectivity index is 1.46. The number of carbonyl (C=O) groups excluding carboxylic acids is 2. The van der Waals surface area contributed by atoms with Gasteiger partial charge >= 0.3 is 0 Å². The van der Waals surface area contributed by atoms with Crippen LogP contribution < -0.4 is 0 Å². The van der Waals surface area contributed by atoms with Crippen LogP contribution >= 0.6 is 22.7 Å². The van der Waals surface area contributed by atoms with Gasteiger partial charge in [-0.15, -0.1) is 22.7 Å². The zero-order valence-electron chi connectivity index (χ0n) is 18.9. The molecule has 0 spiro atoms. The average Bonchev–Trinajstić information content (AvgIpc) is 3.50. The topological polar surface area (TPSA) is 53.5 Å². The number of carbonyl (C=O) groups is 2. The standard InChI is InChI=1S/C25H28FN3O2S2/c1-17-27-20(16-33-17)15-24(30)29-11-9-18(10-12-29)22(14-19-6-3-4-7-21(19)26)28(2)25(31)23-8-5-13-32-23/h3-8,13,16,18,22H,9-12,14-15H2,1-2H3. The maximum absolute atomic E-state index is 14.5. The van der Waals surface area contributed by atoms with E-state index in [-0.39, 0.29) is 29.6 Å². The Morgan fingerprint density at radius 2 is 1.94 bits per heavy atom. The lowest BCUT2D eigenvalue weighted by molar-refractivity contribution is -0.132. The molecule has 4 rings (SSSR count). The van der Waals surface area contributed by atoms with Crippen molar-refractivity contribution in [1.82, 2.24) is 14.8 Å². The van der Waals surface area contributed by atoms with Crippen LogP contribution in [0.3, 0.4) is 0 Å². The molecule has 1 fully saturated rings. The normalized spacial score (nSPS) is 15.4. The number of benzene rings is 1. The molecule has 1 unspecified atom stereocenters. The first kappa shape index (κ1) is 23.6. The van der Waals surface area contributed by atoms with Crippen molar-refractivity contribution in [2.45, 2.75) is 38.6 Å². The molecule has 33 heavy (non-hydrogen) atoms.